The van der Waals surface area contributed by atoms with Crippen molar-refractivity contribution in [2.75, 3.05) is 6.61 Å². The predicted molar refractivity (Wildman–Crippen MR) is 107 cm³/mol. The van der Waals surface area contributed by atoms with Crippen LogP contribution in [-0.4, -0.2) is 23.8 Å². The zero-order chi connectivity index (χ0) is 20.3. The maximum atomic E-state index is 13.3. The summed E-state index contributed by atoms with van der Waals surface area (Å²) in [5, 5.41) is 0. The Labute approximate surface area is 157 Å². The van der Waals surface area contributed by atoms with Gasteiger partial charge in [-0.15, -0.1) is 0 Å². The predicted octanol–water partition coefficient (Wildman–Crippen LogP) is 6.39. The fourth-order valence-electron chi connectivity index (χ4n) is 3.06. The fraction of sp³-hybridized carbons (Fsp3) is 0.955. The standard InChI is InChI=1S/C22H44O3/c1-13-20(8,9)22(12,16-18(2,3)4)17(23)25-21(10,11)14-15-24-19(5,6)7/h13-16H2,1-12H3. The van der Waals surface area contributed by atoms with Gasteiger partial charge >= 0.3 is 5.97 Å². The van der Waals surface area contributed by atoms with E-state index in [9.17, 15) is 4.79 Å². The molecule has 0 rings (SSSR count). The van der Waals surface area contributed by atoms with E-state index in [4.69, 9.17) is 9.47 Å². The first-order chi connectivity index (χ1) is 10.9. The van der Waals surface area contributed by atoms with Crippen molar-refractivity contribution < 1.29 is 14.3 Å². The Hall–Kier alpha value is -0.570. The minimum absolute atomic E-state index is 0.0553. The van der Waals surface area contributed by atoms with Crippen molar-refractivity contribution >= 4 is 5.97 Å². The summed E-state index contributed by atoms with van der Waals surface area (Å²) in [6, 6.07) is 0. The van der Waals surface area contributed by atoms with E-state index in [0.717, 1.165) is 12.8 Å². The molecule has 0 fully saturated rings. The molecule has 3 heteroatoms. The molecule has 150 valence electrons. The summed E-state index contributed by atoms with van der Waals surface area (Å²) in [6.07, 6.45) is 2.42. The maximum Gasteiger partial charge on any atom is 0.312 e. The lowest BCUT2D eigenvalue weighted by Gasteiger charge is -2.46. The summed E-state index contributed by atoms with van der Waals surface area (Å²) >= 11 is 0. The van der Waals surface area contributed by atoms with E-state index < -0.39 is 11.0 Å². The first kappa shape index (κ1) is 24.4. The van der Waals surface area contributed by atoms with Crippen LogP contribution in [0.2, 0.25) is 0 Å². The number of rotatable bonds is 8. The molecule has 0 N–H and O–H groups in total. The number of ether oxygens (including phenoxy) is 2. The highest BCUT2D eigenvalue weighted by Crippen LogP contribution is 2.50. The second-order valence-electron chi connectivity index (χ2n) is 11.2. The number of hydrogen-bond donors (Lipinski definition) is 0. The molecule has 1 unspecified atom stereocenters. The van der Waals surface area contributed by atoms with Gasteiger partial charge in [-0.2, -0.15) is 0 Å². The Balaban J connectivity index is 5.27. The first-order valence-electron chi connectivity index (χ1n) is 9.73. The van der Waals surface area contributed by atoms with Crippen LogP contribution in [0.4, 0.5) is 0 Å². The van der Waals surface area contributed by atoms with Crippen LogP contribution in [0.5, 0.6) is 0 Å². The summed E-state index contributed by atoms with van der Waals surface area (Å²) in [7, 11) is 0. The minimum atomic E-state index is -0.536. The second kappa shape index (κ2) is 7.98. The quantitative estimate of drug-likeness (QED) is 0.472. The average Bonchev–Trinajstić information content (AvgIpc) is 2.33. The number of carbonyl (C=O) groups is 1. The van der Waals surface area contributed by atoms with Gasteiger partial charge in [-0.3, -0.25) is 4.79 Å². The Morgan fingerprint density at radius 1 is 0.840 bits per heavy atom. The van der Waals surface area contributed by atoms with Crippen LogP contribution in [-0.2, 0) is 14.3 Å². The minimum Gasteiger partial charge on any atom is -0.459 e. The zero-order valence-corrected chi connectivity index (χ0v) is 19.1. The van der Waals surface area contributed by atoms with Gasteiger partial charge in [0.05, 0.1) is 17.6 Å². The van der Waals surface area contributed by atoms with Crippen LogP contribution in [0.1, 0.15) is 102 Å². The molecule has 0 aliphatic rings. The van der Waals surface area contributed by atoms with Crippen molar-refractivity contribution in [2.24, 2.45) is 16.2 Å². The molecule has 3 nitrogen and oxygen atoms in total. The molecule has 0 heterocycles. The van der Waals surface area contributed by atoms with Gasteiger partial charge in [0.25, 0.3) is 0 Å². The van der Waals surface area contributed by atoms with E-state index in [1.165, 1.54) is 0 Å². The second-order valence-corrected chi connectivity index (χ2v) is 11.2. The fourth-order valence-corrected chi connectivity index (χ4v) is 3.06. The van der Waals surface area contributed by atoms with Crippen molar-refractivity contribution in [1.29, 1.82) is 0 Å². The van der Waals surface area contributed by atoms with E-state index in [0.29, 0.717) is 13.0 Å². The van der Waals surface area contributed by atoms with Crippen molar-refractivity contribution in [3.63, 3.8) is 0 Å². The molecule has 0 aliphatic carbocycles. The highest BCUT2D eigenvalue weighted by Gasteiger charge is 2.50. The molecular weight excluding hydrogens is 312 g/mol. The van der Waals surface area contributed by atoms with Gasteiger partial charge in [0.2, 0.25) is 0 Å². The van der Waals surface area contributed by atoms with Gasteiger partial charge < -0.3 is 9.47 Å². The summed E-state index contributed by atoms with van der Waals surface area (Å²) in [6.45, 7) is 25.8. The topological polar surface area (TPSA) is 35.5 Å². The molecule has 25 heavy (non-hydrogen) atoms. The Morgan fingerprint density at radius 3 is 1.68 bits per heavy atom. The van der Waals surface area contributed by atoms with Crippen LogP contribution in [0.25, 0.3) is 0 Å². The zero-order valence-electron chi connectivity index (χ0n) is 19.1. The van der Waals surface area contributed by atoms with Crippen molar-refractivity contribution in [2.45, 2.75) is 114 Å². The van der Waals surface area contributed by atoms with Crippen LogP contribution < -0.4 is 0 Å². The van der Waals surface area contributed by atoms with E-state index >= 15 is 0 Å². The largest absolute Gasteiger partial charge is 0.459 e. The molecule has 0 amide bonds. The van der Waals surface area contributed by atoms with Crippen LogP contribution >= 0.6 is 0 Å². The third kappa shape index (κ3) is 8.11. The van der Waals surface area contributed by atoms with Gasteiger partial charge in [0.15, 0.2) is 0 Å². The lowest BCUT2D eigenvalue weighted by atomic mass is 9.59. The van der Waals surface area contributed by atoms with Gasteiger partial charge in [-0.05, 0) is 65.2 Å². The maximum absolute atomic E-state index is 13.3. The van der Waals surface area contributed by atoms with E-state index in [-0.39, 0.29) is 22.4 Å². The van der Waals surface area contributed by atoms with E-state index in [1.807, 2.05) is 34.6 Å². The third-order valence-corrected chi connectivity index (χ3v) is 5.32. The van der Waals surface area contributed by atoms with Crippen LogP contribution in [0.15, 0.2) is 0 Å². The van der Waals surface area contributed by atoms with Gasteiger partial charge in [-0.25, -0.2) is 0 Å². The molecule has 0 aromatic heterocycles. The van der Waals surface area contributed by atoms with E-state index in [2.05, 4.69) is 48.5 Å². The van der Waals surface area contributed by atoms with E-state index in [1.54, 1.807) is 0 Å². The Kier molecular flexibility index (Phi) is 7.80. The molecule has 0 bridgehead atoms. The molecule has 0 radical (unpaired) electrons. The summed E-state index contributed by atoms with van der Waals surface area (Å²) in [5.41, 5.74) is -1.31. The lowest BCUT2D eigenvalue weighted by molar-refractivity contribution is -0.181. The number of esters is 1. The smallest absolute Gasteiger partial charge is 0.312 e. The van der Waals surface area contributed by atoms with Gasteiger partial charge in [0.1, 0.15) is 5.60 Å². The molecule has 0 aromatic rings. The monoisotopic (exact) mass is 356 g/mol. The molecule has 0 saturated carbocycles. The SMILES string of the molecule is CCC(C)(C)C(C)(CC(C)(C)C)C(=O)OC(C)(C)CCOC(C)(C)C. The molecule has 1 atom stereocenters. The number of hydrogen-bond acceptors (Lipinski definition) is 3. The highest BCUT2D eigenvalue weighted by atomic mass is 16.6. The lowest BCUT2D eigenvalue weighted by Crippen LogP contribution is -2.48. The molecule has 0 aliphatic heterocycles. The molecule has 0 aromatic carbocycles. The number of carbonyl (C=O) groups excluding carboxylic acids is 1. The normalized spacial score (nSPS) is 16.5. The van der Waals surface area contributed by atoms with Crippen molar-refractivity contribution in [1.82, 2.24) is 0 Å². The Bertz CT molecular complexity index is 435. The first-order valence-corrected chi connectivity index (χ1v) is 9.73. The molecule has 0 saturated heterocycles. The third-order valence-electron chi connectivity index (χ3n) is 5.32. The highest BCUT2D eigenvalue weighted by molar-refractivity contribution is 5.78. The van der Waals surface area contributed by atoms with Gasteiger partial charge in [0, 0.05) is 6.42 Å². The summed E-state index contributed by atoms with van der Waals surface area (Å²) < 4.78 is 11.8. The van der Waals surface area contributed by atoms with Crippen molar-refractivity contribution in [3.05, 3.63) is 0 Å². The van der Waals surface area contributed by atoms with Crippen molar-refractivity contribution in [3.8, 4) is 0 Å². The van der Waals surface area contributed by atoms with Crippen LogP contribution in [0, 0.1) is 16.2 Å². The Morgan fingerprint density at radius 2 is 1.32 bits per heavy atom. The average molecular weight is 357 g/mol. The summed E-state index contributed by atoms with van der Waals surface area (Å²) in [4.78, 5) is 13.3. The molecular formula is C22H44O3. The van der Waals surface area contributed by atoms with Crippen LogP contribution in [0.3, 0.4) is 0 Å². The molecule has 0 spiro atoms. The summed E-state index contributed by atoms with van der Waals surface area (Å²) in [5.74, 6) is -0.0879. The van der Waals surface area contributed by atoms with Gasteiger partial charge in [-0.1, -0.05) is 41.5 Å².